The smallest absolute Gasteiger partial charge is 0.177 e. The van der Waals surface area contributed by atoms with Crippen LogP contribution in [0.1, 0.15) is 42.1 Å². The normalized spacial score (nSPS) is 25.0. The second-order valence-corrected chi connectivity index (χ2v) is 5.86. The monoisotopic (exact) mass is 261 g/mol. The first-order valence-electron chi connectivity index (χ1n) is 7.01. The van der Waals surface area contributed by atoms with Crippen molar-refractivity contribution in [1.29, 1.82) is 0 Å². The van der Waals surface area contributed by atoms with Crippen LogP contribution in [0.5, 0.6) is 0 Å². The maximum atomic E-state index is 12.3. The third-order valence-electron chi connectivity index (χ3n) is 3.97. The number of aliphatic hydroxyl groups is 1. The van der Waals surface area contributed by atoms with Gasteiger partial charge in [0.1, 0.15) is 0 Å². The first kappa shape index (κ1) is 14.2. The van der Waals surface area contributed by atoms with Gasteiger partial charge in [-0.3, -0.25) is 9.69 Å². The molecular formula is C16H23NO2. The average Bonchev–Trinajstić information content (AvgIpc) is 2.51. The molecule has 1 heterocycles. The van der Waals surface area contributed by atoms with Crippen molar-refractivity contribution in [3.05, 3.63) is 35.4 Å². The number of Topliss-reactive ketones (excluding diaryl/α,β-unsaturated/α-hetero) is 1. The Labute approximate surface area is 115 Å². The van der Waals surface area contributed by atoms with E-state index in [1.54, 1.807) is 0 Å². The maximum absolute atomic E-state index is 12.3. The number of aryl methyl sites for hydroxylation is 1. The zero-order valence-electron chi connectivity index (χ0n) is 11.9. The van der Waals surface area contributed by atoms with Gasteiger partial charge in [0.2, 0.25) is 0 Å². The maximum Gasteiger partial charge on any atom is 0.177 e. The molecule has 3 nitrogen and oxygen atoms in total. The highest BCUT2D eigenvalue weighted by atomic mass is 16.3. The lowest BCUT2D eigenvalue weighted by Gasteiger charge is -2.22. The summed E-state index contributed by atoms with van der Waals surface area (Å²) in [7, 11) is 0. The van der Waals surface area contributed by atoms with Crippen LogP contribution in [0.3, 0.4) is 0 Å². The fourth-order valence-electron chi connectivity index (χ4n) is 2.65. The highest BCUT2D eigenvalue weighted by Crippen LogP contribution is 2.21. The Hall–Kier alpha value is -1.19. The Morgan fingerprint density at radius 1 is 1.32 bits per heavy atom. The molecule has 1 N–H and O–H groups in total. The molecular weight excluding hydrogens is 238 g/mol. The van der Waals surface area contributed by atoms with Gasteiger partial charge in [0.05, 0.1) is 12.1 Å². The van der Waals surface area contributed by atoms with Crippen molar-refractivity contribution in [3.63, 3.8) is 0 Å². The minimum atomic E-state index is -0.569. The van der Waals surface area contributed by atoms with E-state index in [1.807, 2.05) is 38.1 Å². The molecule has 19 heavy (non-hydrogen) atoms. The van der Waals surface area contributed by atoms with E-state index in [9.17, 15) is 9.90 Å². The van der Waals surface area contributed by atoms with Crippen molar-refractivity contribution in [2.45, 2.75) is 38.7 Å². The van der Waals surface area contributed by atoms with Crippen molar-refractivity contribution in [2.24, 2.45) is 0 Å². The first-order chi connectivity index (χ1) is 8.98. The summed E-state index contributed by atoms with van der Waals surface area (Å²) in [6, 6.07) is 7.73. The zero-order chi connectivity index (χ0) is 13.9. The van der Waals surface area contributed by atoms with Crippen molar-refractivity contribution in [1.82, 2.24) is 4.90 Å². The quantitative estimate of drug-likeness (QED) is 0.849. The van der Waals surface area contributed by atoms with E-state index >= 15 is 0 Å². The Bertz CT molecular complexity index is 454. The molecule has 0 radical (unpaired) electrons. The van der Waals surface area contributed by atoms with Gasteiger partial charge in [-0.05, 0) is 45.2 Å². The van der Waals surface area contributed by atoms with Crippen LogP contribution in [0.15, 0.2) is 24.3 Å². The van der Waals surface area contributed by atoms with E-state index in [-0.39, 0.29) is 5.78 Å². The van der Waals surface area contributed by atoms with Crippen molar-refractivity contribution in [3.8, 4) is 0 Å². The molecule has 0 amide bonds. The van der Waals surface area contributed by atoms with Crippen LogP contribution in [0.2, 0.25) is 0 Å². The molecule has 1 fully saturated rings. The molecule has 104 valence electrons. The van der Waals surface area contributed by atoms with Crippen molar-refractivity contribution >= 4 is 5.78 Å². The molecule has 1 atom stereocenters. The summed E-state index contributed by atoms with van der Waals surface area (Å²) in [4.78, 5) is 14.5. The molecule has 1 aliphatic rings. The summed E-state index contributed by atoms with van der Waals surface area (Å²) in [6.45, 7) is 6.01. The molecule has 3 heteroatoms. The van der Waals surface area contributed by atoms with Crippen LogP contribution in [-0.4, -0.2) is 41.0 Å². The number of ketones is 1. The number of carbonyl (C=O) groups excluding carboxylic acids is 1. The molecule has 0 spiro atoms. The van der Waals surface area contributed by atoms with E-state index < -0.39 is 5.60 Å². The molecule has 0 saturated carbocycles. The van der Waals surface area contributed by atoms with Crippen LogP contribution in [-0.2, 0) is 0 Å². The molecule has 1 aliphatic heterocycles. The van der Waals surface area contributed by atoms with E-state index in [0.29, 0.717) is 6.54 Å². The molecule has 1 unspecified atom stereocenters. The number of hydrogen-bond donors (Lipinski definition) is 1. The topological polar surface area (TPSA) is 40.5 Å². The SMILES string of the molecule is Cc1ccccc1C(=O)CN1CCCC(C)(O)CC1. The lowest BCUT2D eigenvalue weighted by atomic mass is 9.98. The molecule has 0 aliphatic carbocycles. The van der Waals surface area contributed by atoms with Crippen molar-refractivity contribution in [2.75, 3.05) is 19.6 Å². The minimum absolute atomic E-state index is 0.180. The van der Waals surface area contributed by atoms with Gasteiger partial charge in [-0.25, -0.2) is 0 Å². The van der Waals surface area contributed by atoms with Gasteiger partial charge >= 0.3 is 0 Å². The summed E-state index contributed by atoms with van der Waals surface area (Å²) in [6.07, 6.45) is 2.52. The highest BCUT2D eigenvalue weighted by Gasteiger charge is 2.25. The first-order valence-corrected chi connectivity index (χ1v) is 7.01. The minimum Gasteiger partial charge on any atom is -0.390 e. The Kier molecular flexibility index (Phi) is 4.38. The number of hydrogen-bond acceptors (Lipinski definition) is 3. The third kappa shape index (κ3) is 3.88. The Morgan fingerprint density at radius 2 is 2.05 bits per heavy atom. The third-order valence-corrected chi connectivity index (χ3v) is 3.97. The Balaban J connectivity index is 1.98. The summed E-state index contributed by atoms with van der Waals surface area (Å²) in [5.41, 5.74) is 1.29. The summed E-state index contributed by atoms with van der Waals surface area (Å²) in [5, 5.41) is 10.1. The summed E-state index contributed by atoms with van der Waals surface area (Å²) < 4.78 is 0. The molecule has 1 aromatic carbocycles. The van der Waals surface area contributed by atoms with Crippen LogP contribution < -0.4 is 0 Å². The van der Waals surface area contributed by atoms with E-state index in [2.05, 4.69) is 4.90 Å². The van der Waals surface area contributed by atoms with Gasteiger partial charge in [-0.2, -0.15) is 0 Å². The fourth-order valence-corrected chi connectivity index (χ4v) is 2.65. The van der Waals surface area contributed by atoms with Crippen LogP contribution in [0.4, 0.5) is 0 Å². The van der Waals surface area contributed by atoms with E-state index in [4.69, 9.17) is 0 Å². The fraction of sp³-hybridized carbons (Fsp3) is 0.562. The van der Waals surface area contributed by atoms with Gasteiger partial charge in [0.15, 0.2) is 5.78 Å². The number of carbonyl (C=O) groups is 1. The largest absolute Gasteiger partial charge is 0.390 e. The van der Waals surface area contributed by atoms with Crippen LogP contribution >= 0.6 is 0 Å². The number of benzene rings is 1. The van der Waals surface area contributed by atoms with Gasteiger partial charge < -0.3 is 5.11 Å². The zero-order valence-corrected chi connectivity index (χ0v) is 11.9. The van der Waals surface area contributed by atoms with Gasteiger partial charge in [-0.1, -0.05) is 24.3 Å². The number of likely N-dealkylation sites (tertiary alicyclic amines) is 1. The van der Waals surface area contributed by atoms with E-state index in [0.717, 1.165) is 43.5 Å². The van der Waals surface area contributed by atoms with Crippen LogP contribution in [0, 0.1) is 6.92 Å². The highest BCUT2D eigenvalue weighted by molar-refractivity contribution is 5.98. The molecule has 0 bridgehead atoms. The summed E-state index contributed by atoms with van der Waals surface area (Å²) >= 11 is 0. The average molecular weight is 261 g/mol. The second-order valence-electron chi connectivity index (χ2n) is 5.86. The van der Waals surface area contributed by atoms with Gasteiger partial charge in [0, 0.05) is 12.1 Å². The number of nitrogens with zero attached hydrogens (tertiary/aromatic N) is 1. The second kappa shape index (κ2) is 5.85. The van der Waals surface area contributed by atoms with Gasteiger partial charge in [0.25, 0.3) is 0 Å². The van der Waals surface area contributed by atoms with E-state index in [1.165, 1.54) is 0 Å². The summed E-state index contributed by atoms with van der Waals surface area (Å²) in [5.74, 6) is 0.180. The van der Waals surface area contributed by atoms with Gasteiger partial charge in [-0.15, -0.1) is 0 Å². The molecule has 1 saturated heterocycles. The number of rotatable bonds is 3. The lowest BCUT2D eigenvalue weighted by molar-refractivity contribution is 0.0444. The lowest BCUT2D eigenvalue weighted by Crippen LogP contribution is -2.32. The van der Waals surface area contributed by atoms with Crippen molar-refractivity contribution < 1.29 is 9.90 Å². The Morgan fingerprint density at radius 3 is 2.79 bits per heavy atom. The predicted molar refractivity (Wildman–Crippen MR) is 76.4 cm³/mol. The molecule has 1 aromatic rings. The van der Waals surface area contributed by atoms with Crippen LogP contribution in [0.25, 0.3) is 0 Å². The molecule has 2 rings (SSSR count). The predicted octanol–water partition coefficient (Wildman–Crippen LogP) is 2.41. The molecule has 0 aromatic heterocycles. The standard InChI is InChI=1S/C16H23NO2/c1-13-6-3-4-7-14(13)15(18)12-17-10-5-8-16(2,19)9-11-17/h3-4,6-7,19H,5,8-12H2,1-2H3.